The smallest absolute Gasteiger partial charge is 0.358 e. The van der Waals surface area contributed by atoms with Crippen LogP contribution in [0.25, 0.3) is 0 Å². The number of carboxylic acids is 1. The molecule has 1 unspecified atom stereocenters. The monoisotopic (exact) mass is 327 g/mol. The predicted octanol–water partition coefficient (Wildman–Crippen LogP) is 1.43. The first-order chi connectivity index (χ1) is 11.6. The number of hydrogen-bond donors (Lipinski definition) is 1. The molecule has 0 spiro atoms. The van der Waals surface area contributed by atoms with E-state index in [9.17, 15) is 9.59 Å². The fraction of sp³-hybridized carbons (Fsp3) is 0.375. The van der Waals surface area contributed by atoms with Crippen molar-refractivity contribution in [1.82, 2.24) is 19.9 Å². The maximum absolute atomic E-state index is 12.4. The third-order valence-electron chi connectivity index (χ3n) is 4.60. The highest BCUT2D eigenvalue weighted by Crippen LogP contribution is 2.30. The third kappa shape index (κ3) is 2.49. The maximum atomic E-state index is 12.4. The van der Waals surface area contributed by atoms with Crippen LogP contribution in [0.15, 0.2) is 30.5 Å². The Labute approximate surface area is 138 Å². The van der Waals surface area contributed by atoms with Crippen molar-refractivity contribution in [3.63, 3.8) is 0 Å². The highest BCUT2D eigenvalue weighted by atomic mass is 16.4. The molecule has 2 aliphatic heterocycles. The number of carbonyl (C=O) groups excluding carboxylic acids is 1. The molecule has 2 aliphatic rings. The maximum Gasteiger partial charge on any atom is 0.358 e. The largest absolute Gasteiger partial charge is 0.476 e. The normalized spacial score (nSPS) is 19.8. The summed E-state index contributed by atoms with van der Waals surface area (Å²) >= 11 is 0. The van der Waals surface area contributed by atoms with Crippen LogP contribution in [0.5, 0.6) is 0 Å². The average molecular weight is 327 g/mol. The fourth-order valence-corrected chi connectivity index (χ4v) is 3.38. The molecule has 1 N–H and O–H groups in total. The van der Waals surface area contributed by atoms with E-state index in [1.165, 1.54) is 10.9 Å². The van der Waals surface area contributed by atoms with Crippen LogP contribution in [0.3, 0.4) is 0 Å². The molecule has 3 heterocycles. The number of fused-ring (bicyclic) bond motifs is 1. The summed E-state index contributed by atoms with van der Waals surface area (Å²) < 4.78 is 1.48. The fourth-order valence-electron chi connectivity index (χ4n) is 3.38. The van der Waals surface area contributed by atoms with Gasteiger partial charge in [0.15, 0.2) is 5.69 Å². The molecule has 24 heavy (non-hydrogen) atoms. The molecule has 1 aromatic carbocycles. The topological polar surface area (TPSA) is 91.6 Å². The standard InChI is InChI=1S/C16H17N5O3/c22-15(23)14-10-19(18-17-14)8-11-3-5-12(6-4-11)21-9-13-2-1-7-20(13)16(21)24/h3-6,10,13H,1-2,7-9H2,(H,22,23). The minimum atomic E-state index is -1.09. The zero-order valence-corrected chi connectivity index (χ0v) is 13.0. The summed E-state index contributed by atoms with van der Waals surface area (Å²) in [6, 6.07) is 8.13. The van der Waals surface area contributed by atoms with Crippen molar-refractivity contribution in [2.24, 2.45) is 0 Å². The minimum absolute atomic E-state index is 0.0742. The Hall–Kier alpha value is -2.90. The molecule has 2 fully saturated rings. The summed E-state index contributed by atoms with van der Waals surface area (Å²) in [7, 11) is 0. The molecule has 1 aromatic heterocycles. The lowest BCUT2D eigenvalue weighted by Gasteiger charge is -2.17. The Morgan fingerprint density at radius 2 is 2.08 bits per heavy atom. The number of rotatable bonds is 4. The molecular formula is C16H17N5O3. The SMILES string of the molecule is O=C(O)c1cn(Cc2ccc(N3CC4CCCN4C3=O)cc2)nn1. The molecule has 8 heteroatoms. The van der Waals surface area contributed by atoms with Gasteiger partial charge in [0.2, 0.25) is 0 Å². The molecular weight excluding hydrogens is 310 g/mol. The van der Waals surface area contributed by atoms with Crippen molar-refractivity contribution in [3.05, 3.63) is 41.7 Å². The zero-order valence-electron chi connectivity index (χ0n) is 13.0. The van der Waals surface area contributed by atoms with Crippen LogP contribution in [0.1, 0.15) is 28.9 Å². The molecule has 0 bridgehead atoms. The molecule has 1 atom stereocenters. The quantitative estimate of drug-likeness (QED) is 0.917. The van der Waals surface area contributed by atoms with Crippen LogP contribution in [-0.2, 0) is 6.54 Å². The van der Waals surface area contributed by atoms with Crippen LogP contribution in [0.4, 0.5) is 10.5 Å². The van der Waals surface area contributed by atoms with Gasteiger partial charge < -0.3 is 10.0 Å². The summed E-state index contributed by atoms with van der Waals surface area (Å²) in [5.41, 5.74) is 1.78. The van der Waals surface area contributed by atoms with Crippen molar-refractivity contribution in [3.8, 4) is 0 Å². The number of carboxylic acid groups (broad SMARTS) is 1. The van der Waals surface area contributed by atoms with Gasteiger partial charge in [-0.1, -0.05) is 17.3 Å². The molecule has 0 radical (unpaired) electrons. The summed E-state index contributed by atoms with van der Waals surface area (Å²) in [5, 5.41) is 16.2. The number of benzene rings is 1. The van der Waals surface area contributed by atoms with Gasteiger partial charge in [-0.15, -0.1) is 5.10 Å². The Morgan fingerprint density at radius 1 is 1.29 bits per heavy atom. The van der Waals surface area contributed by atoms with Gasteiger partial charge >= 0.3 is 12.0 Å². The lowest BCUT2D eigenvalue weighted by molar-refractivity contribution is 0.0690. The van der Waals surface area contributed by atoms with Crippen molar-refractivity contribution in [1.29, 1.82) is 0 Å². The van der Waals surface area contributed by atoms with Crippen LogP contribution >= 0.6 is 0 Å². The van der Waals surface area contributed by atoms with Gasteiger partial charge in [-0.3, -0.25) is 4.90 Å². The first-order valence-electron chi connectivity index (χ1n) is 7.92. The molecule has 2 aromatic rings. The number of nitrogens with zero attached hydrogens (tertiary/aromatic N) is 5. The van der Waals surface area contributed by atoms with Gasteiger partial charge in [0.1, 0.15) is 0 Å². The highest BCUT2D eigenvalue weighted by molar-refractivity contribution is 5.94. The van der Waals surface area contributed by atoms with Gasteiger partial charge in [-0.25, -0.2) is 14.3 Å². The van der Waals surface area contributed by atoms with Gasteiger partial charge in [-0.05, 0) is 30.5 Å². The Morgan fingerprint density at radius 3 is 2.75 bits per heavy atom. The van der Waals surface area contributed by atoms with E-state index in [-0.39, 0.29) is 11.7 Å². The number of aromatic carboxylic acids is 1. The number of anilines is 1. The number of carbonyl (C=O) groups is 2. The molecule has 0 aliphatic carbocycles. The van der Waals surface area contributed by atoms with E-state index in [1.807, 2.05) is 34.1 Å². The van der Waals surface area contributed by atoms with E-state index < -0.39 is 5.97 Å². The Kier molecular flexibility index (Phi) is 3.44. The molecule has 124 valence electrons. The second-order valence-corrected chi connectivity index (χ2v) is 6.16. The van der Waals surface area contributed by atoms with Crippen molar-refractivity contribution < 1.29 is 14.7 Å². The summed E-state index contributed by atoms with van der Waals surface area (Å²) in [6.45, 7) is 2.04. The van der Waals surface area contributed by atoms with E-state index in [4.69, 9.17) is 5.11 Å². The first kappa shape index (κ1) is 14.7. The number of urea groups is 1. The zero-order chi connectivity index (χ0) is 16.7. The molecule has 2 amide bonds. The predicted molar refractivity (Wildman–Crippen MR) is 85.0 cm³/mol. The number of amides is 2. The lowest BCUT2D eigenvalue weighted by Crippen LogP contribution is -2.31. The lowest BCUT2D eigenvalue weighted by atomic mass is 10.2. The Bertz CT molecular complexity index is 785. The van der Waals surface area contributed by atoms with E-state index >= 15 is 0 Å². The van der Waals surface area contributed by atoms with Crippen LogP contribution < -0.4 is 4.90 Å². The average Bonchev–Trinajstić information content (AvgIpc) is 3.27. The van der Waals surface area contributed by atoms with E-state index in [0.717, 1.165) is 37.2 Å². The van der Waals surface area contributed by atoms with Crippen LogP contribution in [0.2, 0.25) is 0 Å². The number of aromatic nitrogens is 3. The van der Waals surface area contributed by atoms with Gasteiger partial charge in [-0.2, -0.15) is 0 Å². The molecule has 8 nitrogen and oxygen atoms in total. The van der Waals surface area contributed by atoms with Crippen molar-refractivity contribution in [2.75, 3.05) is 18.0 Å². The molecule has 4 rings (SSSR count). The number of hydrogen-bond acceptors (Lipinski definition) is 4. The van der Waals surface area contributed by atoms with Gasteiger partial charge in [0.25, 0.3) is 0 Å². The van der Waals surface area contributed by atoms with Gasteiger partial charge in [0, 0.05) is 18.8 Å². The van der Waals surface area contributed by atoms with E-state index in [0.29, 0.717) is 12.6 Å². The summed E-state index contributed by atoms with van der Waals surface area (Å²) in [6.07, 6.45) is 3.58. The second-order valence-electron chi connectivity index (χ2n) is 6.16. The van der Waals surface area contributed by atoms with Gasteiger partial charge in [0.05, 0.1) is 18.8 Å². The summed E-state index contributed by atoms with van der Waals surface area (Å²) in [5.74, 6) is -1.09. The highest BCUT2D eigenvalue weighted by Gasteiger charge is 2.40. The molecule has 2 saturated heterocycles. The summed E-state index contributed by atoms with van der Waals surface area (Å²) in [4.78, 5) is 27.0. The minimum Gasteiger partial charge on any atom is -0.476 e. The van der Waals surface area contributed by atoms with Crippen LogP contribution in [0, 0.1) is 0 Å². The van der Waals surface area contributed by atoms with E-state index in [1.54, 1.807) is 0 Å². The van der Waals surface area contributed by atoms with Crippen LogP contribution in [-0.4, -0.2) is 56.1 Å². The first-order valence-corrected chi connectivity index (χ1v) is 7.92. The molecule has 0 saturated carbocycles. The van der Waals surface area contributed by atoms with E-state index in [2.05, 4.69) is 10.3 Å². The second kappa shape index (κ2) is 5.63. The third-order valence-corrected chi connectivity index (χ3v) is 4.60. The van der Waals surface area contributed by atoms with Crippen molar-refractivity contribution >= 4 is 17.7 Å². The van der Waals surface area contributed by atoms with Crippen molar-refractivity contribution in [2.45, 2.75) is 25.4 Å². The Balaban J connectivity index is 1.46.